The van der Waals surface area contributed by atoms with Gasteiger partial charge in [-0.15, -0.1) is 0 Å². The predicted octanol–water partition coefficient (Wildman–Crippen LogP) is 0.954. The summed E-state index contributed by atoms with van der Waals surface area (Å²) in [5.74, 6) is 1.26. The van der Waals surface area contributed by atoms with Crippen LogP contribution in [0, 0.1) is 5.92 Å². The number of morpholine rings is 1. The number of rotatable bonds is 6. The molecule has 122 valence electrons. The van der Waals surface area contributed by atoms with Gasteiger partial charge in [-0.1, -0.05) is 12.8 Å². The van der Waals surface area contributed by atoms with Gasteiger partial charge in [0.05, 0.1) is 19.3 Å². The van der Waals surface area contributed by atoms with E-state index in [4.69, 9.17) is 4.74 Å². The second-order valence-electron chi connectivity index (χ2n) is 6.23. The van der Waals surface area contributed by atoms with E-state index in [9.17, 15) is 5.11 Å². The zero-order valence-electron chi connectivity index (χ0n) is 13.1. The van der Waals surface area contributed by atoms with Crippen molar-refractivity contribution in [2.75, 3.05) is 37.7 Å². The minimum atomic E-state index is -0.226. The third-order valence-corrected chi connectivity index (χ3v) is 4.61. The zero-order valence-corrected chi connectivity index (χ0v) is 13.1. The summed E-state index contributed by atoms with van der Waals surface area (Å²) in [5, 5.41) is 13.4. The number of anilines is 1. The second kappa shape index (κ2) is 7.85. The number of aliphatic hydroxyl groups is 1. The molecule has 3 rings (SSSR count). The first kappa shape index (κ1) is 15.6. The van der Waals surface area contributed by atoms with Gasteiger partial charge < -0.3 is 20.1 Å². The van der Waals surface area contributed by atoms with Crippen molar-refractivity contribution in [3.8, 4) is 0 Å². The molecule has 2 aliphatic rings. The topological polar surface area (TPSA) is 70.5 Å². The smallest absolute Gasteiger partial charge is 0.225 e. The number of nitrogens with one attached hydrogen (secondary N) is 1. The highest BCUT2D eigenvalue weighted by Gasteiger charge is 2.22. The van der Waals surface area contributed by atoms with E-state index in [1.165, 1.54) is 25.7 Å². The Balaban J connectivity index is 1.42. The maximum absolute atomic E-state index is 10.1. The van der Waals surface area contributed by atoms with Crippen molar-refractivity contribution in [3.63, 3.8) is 0 Å². The molecule has 1 aromatic heterocycles. The molecule has 6 heteroatoms. The van der Waals surface area contributed by atoms with Crippen molar-refractivity contribution in [2.45, 2.75) is 38.3 Å². The van der Waals surface area contributed by atoms with Crippen molar-refractivity contribution >= 4 is 5.95 Å². The first-order valence-electron chi connectivity index (χ1n) is 8.35. The minimum Gasteiger partial charge on any atom is -0.392 e. The molecule has 0 radical (unpaired) electrons. The molecule has 0 spiro atoms. The summed E-state index contributed by atoms with van der Waals surface area (Å²) in [6.07, 6.45) is 8.37. The lowest BCUT2D eigenvalue weighted by atomic mass is 10.0. The summed E-state index contributed by atoms with van der Waals surface area (Å²) in [6.45, 7) is 4.54. The van der Waals surface area contributed by atoms with Crippen LogP contribution in [0.1, 0.15) is 31.2 Å². The summed E-state index contributed by atoms with van der Waals surface area (Å²) < 4.78 is 5.33. The standard InChI is InChI=1S/C16H26N4O2/c21-15(14-3-1-2-4-14)12-17-9-13-10-18-16(19-11-13)20-5-7-22-8-6-20/h10-11,14-15,17,21H,1-9,12H2. The first-order valence-corrected chi connectivity index (χ1v) is 8.35. The Morgan fingerprint density at radius 2 is 1.91 bits per heavy atom. The number of hydrogen-bond acceptors (Lipinski definition) is 6. The van der Waals surface area contributed by atoms with Gasteiger partial charge in [0, 0.05) is 44.1 Å². The molecular formula is C16H26N4O2. The molecule has 1 aromatic rings. The van der Waals surface area contributed by atoms with E-state index in [2.05, 4.69) is 20.2 Å². The summed E-state index contributed by atoms with van der Waals surface area (Å²) in [5.41, 5.74) is 1.05. The first-order chi connectivity index (χ1) is 10.8. The van der Waals surface area contributed by atoms with Crippen molar-refractivity contribution in [3.05, 3.63) is 18.0 Å². The Bertz CT molecular complexity index is 442. The fourth-order valence-electron chi connectivity index (χ4n) is 3.24. The van der Waals surface area contributed by atoms with Crippen molar-refractivity contribution in [1.29, 1.82) is 0 Å². The van der Waals surface area contributed by atoms with Crippen LogP contribution in [-0.2, 0) is 11.3 Å². The highest BCUT2D eigenvalue weighted by Crippen LogP contribution is 2.27. The van der Waals surface area contributed by atoms with Crippen molar-refractivity contribution in [2.24, 2.45) is 5.92 Å². The molecule has 2 N–H and O–H groups in total. The summed E-state index contributed by atoms with van der Waals surface area (Å²) in [4.78, 5) is 11.0. The zero-order chi connectivity index (χ0) is 15.2. The summed E-state index contributed by atoms with van der Waals surface area (Å²) >= 11 is 0. The minimum absolute atomic E-state index is 0.226. The molecule has 1 aliphatic carbocycles. The average Bonchev–Trinajstić information content (AvgIpc) is 3.11. The predicted molar refractivity (Wildman–Crippen MR) is 84.7 cm³/mol. The van der Waals surface area contributed by atoms with E-state index in [1.54, 1.807) is 0 Å². The lowest BCUT2D eigenvalue weighted by molar-refractivity contribution is 0.109. The van der Waals surface area contributed by atoms with E-state index in [0.717, 1.165) is 37.8 Å². The van der Waals surface area contributed by atoms with Gasteiger partial charge in [-0.05, 0) is 18.8 Å². The molecule has 1 aliphatic heterocycles. The third-order valence-electron chi connectivity index (χ3n) is 4.61. The monoisotopic (exact) mass is 306 g/mol. The normalized spacial score (nSPS) is 21.2. The average molecular weight is 306 g/mol. The largest absolute Gasteiger partial charge is 0.392 e. The molecule has 1 saturated carbocycles. The lowest BCUT2D eigenvalue weighted by Gasteiger charge is -2.26. The van der Waals surface area contributed by atoms with Gasteiger partial charge in [0.15, 0.2) is 0 Å². The highest BCUT2D eigenvalue weighted by molar-refractivity contribution is 5.30. The van der Waals surface area contributed by atoms with E-state index in [1.807, 2.05) is 12.4 Å². The maximum atomic E-state index is 10.1. The SMILES string of the molecule is OC(CNCc1cnc(N2CCOCC2)nc1)C1CCCC1. The molecule has 2 heterocycles. The number of nitrogens with zero attached hydrogens (tertiary/aromatic N) is 3. The van der Waals surface area contributed by atoms with Crippen molar-refractivity contribution < 1.29 is 9.84 Å². The van der Waals surface area contributed by atoms with Crippen LogP contribution < -0.4 is 10.2 Å². The van der Waals surface area contributed by atoms with Gasteiger partial charge in [-0.25, -0.2) is 9.97 Å². The van der Waals surface area contributed by atoms with Crippen LogP contribution >= 0.6 is 0 Å². The van der Waals surface area contributed by atoms with E-state index >= 15 is 0 Å². The van der Waals surface area contributed by atoms with Crippen LogP contribution in [0.3, 0.4) is 0 Å². The Kier molecular flexibility index (Phi) is 5.58. The number of ether oxygens (including phenoxy) is 1. The van der Waals surface area contributed by atoms with Crippen LogP contribution in [0.25, 0.3) is 0 Å². The lowest BCUT2D eigenvalue weighted by Crippen LogP contribution is -2.37. The Labute approximate surface area is 131 Å². The van der Waals surface area contributed by atoms with Crippen LogP contribution in [0.2, 0.25) is 0 Å². The number of hydrogen-bond donors (Lipinski definition) is 2. The highest BCUT2D eigenvalue weighted by atomic mass is 16.5. The van der Waals surface area contributed by atoms with Crippen molar-refractivity contribution in [1.82, 2.24) is 15.3 Å². The number of aliphatic hydroxyl groups excluding tert-OH is 1. The molecule has 2 fully saturated rings. The third kappa shape index (κ3) is 4.15. The molecule has 1 unspecified atom stereocenters. The molecule has 6 nitrogen and oxygen atoms in total. The summed E-state index contributed by atoms with van der Waals surface area (Å²) in [7, 11) is 0. The van der Waals surface area contributed by atoms with Gasteiger partial charge in [-0.2, -0.15) is 0 Å². The van der Waals surface area contributed by atoms with Crippen LogP contribution in [0.5, 0.6) is 0 Å². The molecule has 1 saturated heterocycles. The van der Waals surface area contributed by atoms with Gasteiger partial charge in [0.2, 0.25) is 5.95 Å². The van der Waals surface area contributed by atoms with Gasteiger partial charge in [0.25, 0.3) is 0 Å². The quantitative estimate of drug-likeness (QED) is 0.815. The number of aromatic nitrogens is 2. The van der Waals surface area contributed by atoms with E-state index in [-0.39, 0.29) is 6.10 Å². The fourth-order valence-corrected chi connectivity index (χ4v) is 3.24. The molecule has 0 amide bonds. The molecule has 1 atom stereocenters. The summed E-state index contributed by atoms with van der Waals surface area (Å²) in [6, 6.07) is 0. The van der Waals surface area contributed by atoms with Crippen LogP contribution in [-0.4, -0.2) is 54.0 Å². The van der Waals surface area contributed by atoms with Gasteiger partial charge >= 0.3 is 0 Å². The van der Waals surface area contributed by atoms with Crippen LogP contribution in [0.15, 0.2) is 12.4 Å². The van der Waals surface area contributed by atoms with Gasteiger partial charge in [-0.3, -0.25) is 0 Å². The molecule has 0 aromatic carbocycles. The second-order valence-corrected chi connectivity index (χ2v) is 6.23. The maximum Gasteiger partial charge on any atom is 0.225 e. The Morgan fingerprint density at radius 1 is 1.23 bits per heavy atom. The van der Waals surface area contributed by atoms with Crippen LogP contribution in [0.4, 0.5) is 5.95 Å². The van der Waals surface area contributed by atoms with Gasteiger partial charge in [0.1, 0.15) is 0 Å². The van der Waals surface area contributed by atoms with E-state index < -0.39 is 0 Å². The molecule has 22 heavy (non-hydrogen) atoms. The fraction of sp³-hybridized carbons (Fsp3) is 0.750. The Hall–Kier alpha value is -1.24. The Morgan fingerprint density at radius 3 is 2.59 bits per heavy atom. The molecule has 0 bridgehead atoms. The van der Waals surface area contributed by atoms with E-state index in [0.29, 0.717) is 19.0 Å². The molecular weight excluding hydrogens is 280 g/mol.